The van der Waals surface area contributed by atoms with Crippen LogP contribution in [-0.2, 0) is 4.79 Å². The number of rotatable bonds is 5. The van der Waals surface area contributed by atoms with Crippen LogP contribution < -0.4 is 10.2 Å². The summed E-state index contributed by atoms with van der Waals surface area (Å²) in [6.45, 7) is 10.5. The highest BCUT2D eigenvalue weighted by molar-refractivity contribution is 6.23. The van der Waals surface area contributed by atoms with Crippen LogP contribution >= 0.6 is 0 Å². The van der Waals surface area contributed by atoms with Crippen LogP contribution in [0, 0.1) is 6.92 Å². The average molecular weight is 483 g/mol. The summed E-state index contributed by atoms with van der Waals surface area (Å²) in [4.78, 5) is 36.4. The molecule has 36 heavy (non-hydrogen) atoms. The number of aliphatic imine (C=N–C) groups is 1. The number of benzene rings is 3. The fraction of sp³-hybridized carbons (Fsp3) is 0.300. The van der Waals surface area contributed by atoms with Gasteiger partial charge in [0.2, 0.25) is 11.9 Å². The molecular formula is C30H34N4O2. The molecule has 1 atom stereocenters. The molecule has 3 aromatic carbocycles. The predicted molar refractivity (Wildman–Crippen MR) is 146 cm³/mol. The van der Waals surface area contributed by atoms with Crippen molar-refractivity contribution in [3.63, 3.8) is 0 Å². The maximum atomic E-state index is 14.0. The Kier molecular flexibility index (Phi) is 7.25. The molecule has 0 aliphatic carbocycles. The summed E-state index contributed by atoms with van der Waals surface area (Å²) in [6.07, 6.45) is 0.779. The van der Waals surface area contributed by atoms with Crippen molar-refractivity contribution in [3.05, 3.63) is 95.6 Å². The molecule has 186 valence electrons. The molecule has 0 spiro atoms. The van der Waals surface area contributed by atoms with Crippen molar-refractivity contribution >= 4 is 29.1 Å². The van der Waals surface area contributed by atoms with Crippen LogP contribution in [-0.4, -0.2) is 34.8 Å². The van der Waals surface area contributed by atoms with Crippen molar-refractivity contribution in [2.24, 2.45) is 4.99 Å². The lowest BCUT2D eigenvalue weighted by Crippen LogP contribution is -2.55. The Morgan fingerprint density at radius 3 is 2.33 bits per heavy atom. The molecule has 1 N–H and O–H groups in total. The number of hydrogen-bond donors (Lipinski definition) is 1. The third-order valence-electron chi connectivity index (χ3n) is 5.92. The van der Waals surface area contributed by atoms with Gasteiger partial charge in [-0.2, -0.15) is 0 Å². The molecule has 0 bridgehead atoms. The van der Waals surface area contributed by atoms with Crippen LogP contribution in [0.25, 0.3) is 0 Å². The number of carbonyl (C=O) groups excluding carboxylic acids is 2. The minimum Gasteiger partial charge on any atom is -0.349 e. The molecule has 0 radical (unpaired) electrons. The molecule has 1 heterocycles. The molecule has 6 nitrogen and oxygen atoms in total. The highest BCUT2D eigenvalue weighted by Gasteiger charge is 2.40. The van der Waals surface area contributed by atoms with Crippen molar-refractivity contribution in [2.45, 2.75) is 52.6 Å². The van der Waals surface area contributed by atoms with Crippen molar-refractivity contribution in [1.29, 1.82) is 0 Å². The maximum Gasteiger partial charge on any atom is 0.265 e. The molecule has 1 unspecified atom stereocenters. The summed E-state index contributed by atoms with van der Waals surface area (Å²) >= 11 is 0. The Hall–Kier alpha value is -3.93. The molecule has 4 rings (SSSR count). The average Bonchev–Trinajstić information content (AvgIpc) is 2.84. The van der Waals surface area contributed by atoms with Gasteiger partial charge >= 0.3 is 0 Å². The quantitative estimate of drug-likeness (QED) is 0.484. The smallest absolute Gasteiger partial charge is 0.265 e. The van der Waals surface area contributed by atoms with Crippen LogP contribution in [0.4, 0.5) is 11.4 Å². The van der Waals surface area contributed by atoms with E-state index in [-0.39, 0.29) is 11.8 Å². The Labute approximate surface area is 213 Å². The fourth-order valence-corrected chi connectivity index (χ4v) is 4.45. The summed E-state index contributed by atoms with van der Waals surface area (Å²) in [7, 11) is 0. The van der Waals surface area contributed by atoms with E-state index in [0.29, 0.717) is 29.4 Å². The molecular weight excluding hydrogens is 448 g/mol. The molecule has 0 fully saturated rings. The molecule has 6 heteroatoms. The van der Waals surface area contributed by atoms with Crippen LogP contribution in [0.3, 0.4) is 0 Å². The van der Waals surface area contributed by atoms with Gasteiger partial charge in [0.25, 0.3) is 5.91 Å². The van der Waals surface area contributed by atoms with Gasteiger partial charge in [-0.1, -0.05) is 55.5 Å². The van der Waals surface area contributed by atoms with Gasteiger partial charge in [0.15, 0.2) is 0 Å². The molecule has 0 aromatic heterocycles. The zero-order valence-corrected chi connectivity index (χ0v) is 21.7. The van der Waals surface area contributed by atoms with Gasteiger partial charge in [-0.05, 0) is 70.0 Å². The number of amides is 2. The Morgan fingerprint density at radius 1 is 0.972 bits per heavy atom. The van der Waals surface area contributed by atoms with Crippen LogP contribution in [0.15, 0.2) is 83.9 Å². The van der Waals surface area contributed by atoms with Crippen molar-refractivity contribution in [2.75, 3.05) is 11.4 Å². The Balaban J connectivity index is 1.93. The highest BCUT2D eigenvalue weighted by Crippen LogP contribution is 2.37. The van der Waals surface area contributed by atoms with Crippen molar-refractivity contribution < 1.29 is 9.59 Å². The summed E-state index contributed by atoms with van der Waals surface area (Å²) in [6, 6.07) is 24.1. The third kappa shape index (κ3) is 5.33. The first kappa shape index (κ1) is 25.2. The van der Waals surface area contributed by atoms with E-state index in [9.17, 15) is 9.59 Å². The molecule has 0 saturated carbocycles. The summed E-state index contributed by atoms with van der Waals surface area (Å²) in [5.41, 5.74) is 3.39. The maximum absolute atomic E-state index is 14.0. The van der Waals surface area contributed by atoms with Gasteiger partial charge in [0.05, 0.1) is 11.4 Å². The zero-order chi connectivity index (χ0) is 25.9. The molecule has 1 aliphatic rings. The number of anilines is 1. The monoisotopic (exact) mass is 482 g/mol. The molecule has 2 amide bonds. The number of nitrogens with zero attached hydrogens (tertiary/aromatic N) is 3. The van der Waals surface area contributed by atoms with E-state index in [0.717, 1.165) is 17.5 Å². The second-order valence-corrected chi connectivity index (χ2v) is 10.2. The van der Waals surface area contributed by atoms with Gasteiger partial charge in [-0.15, -0.1) is 0 Å². The van der Waals surface area contributed by atoms with E-state index in [1.165, 1.54) is 0 Å². The number of carbonyl (C=O) groups is 2. The topological polar surface area (TPSA) is 65.0 Å². The molecule has 1 aliphatic heterocycles. The van der Waals surface area contributed by atoms with Crippen LogP contribution in [0.1, 0.15) is 61.6 Å². The van der Waals surface area contributed by atoms with Crippen LogP contribution in [0.2, 0.25) is 0 Å². The van der Waals surface area contributed by atoms with E-state index < -0.39 is 11.6 Å². The Bertz CT molecular complexity index is 1280. The highest BCUT2D eigenvalue weighted by atomic mass is 16.2. The number of fused-ring (bicyclic) bond motifs is 1. The van der Waals surface area contributed by atoms with E-state index in [1.54, 1.807) is 17.0 Å². The second-order valence-electron chi connectivity index (χ2n) is 10.2. The largest absolute Gasteiger partial charge is 0.349 e. The lowest BCUT2D eigenvalue weighted by Gasteiger charge is -2.41. The summed E-state index contributed by atoms with van der Waals surface area (Å²) in [5.74, 6) is 0.131. The van der Waals surface area contributed by atoms with E-state index >= 15 is 0 Å². The molecule has 3 aromatic rings. The number of aryl methyl sites for hydroxylation is 1. The van der Waals surface area contributed by atoms with Gasteiger partial charge < -0.3 is 10.2 Å². The lowest BCUT2D eigenvalue weighted by molar-refractivity contribution is -0.126. The third-order valence-corrected chi connectivity index (χ3v) is 5.92. The second kappa shape index (κ2) is 10.4. The lowest BCUT2D eigenvalue weighted by atomic mass is 9.98. The number of nitrogens with one attached hydrogen (secondary N) is 1. The first-order valence-electron chi connectivity index (χ1n) is 12.4. The van der Waals surface area contributed by atoms with Gasteiger partial charge in [-0.3, -0.25) is 9.59 Å². The van der Waals surface area contributed by atoms with Crippen molar-refractivity contribution in [1.82, 2.24) is 10.2 Å². The van der Waals surface area contributed by atoms with Gasteiger partial charge in [0, 0.05) is 23.2 Å². The number of guanidine groups is 1. The van der Waals surface area contributed by atoms with E-state index in [4.69, 9.17) is 4.99 Å². The van der Waals surface area contributed by atoms with Gasteiger partial charge in [0.1, 0.15) is 6.04 Å². The fourth-order valence-electron chi connectivity index (χ4n) is 4.45. The van der Waals surface area contributed by atoms with E-state index in [2.05, 4.69) is 12.2 Å². The SMILES string of the molecule is CCCN1C(N(C(=O)c2ccccc2)c2cccc(C)c2)=Nc2ccccc2C1C(=O)NC(C)(C)C. The minimum atomic E-state index is -0.622. The summed E-state index contributed by atoms with van der Waals surface area (Å²) in [5, 5.41) is 3.15. The number of hydrogen-bond acceptors (Lipinski definition) is 4. The first-order chi connectivity index (χ1) is 17.2. The van der Waals surface area contributed by atoms with Gasteiger partial charge in [-0.25, -0.2) is 9.89 Å². The molecule has 0 saturated heterocycles. The Morgan fingerprint density at radius 2 is 1.67 bits per heavy atom. The minimum absolute atomic E-state index is 0.118. The van der Waals surface area contributed by atoms with Crippen molar-refractivity contribution in [3.8, 4) is 0 Å². The van der Waals surface area contributed by atoms with Crippen LogP contribution in [0.5, 0.6) is 0 Å². The number of para-hydroxylation sites is 1. The van der Waals surface area contributed by atoms with E-state index in [1.807, 2.05) is 99.3 Å². The normalized spacial score (nSPS) is 15.1. The summed E-state index contributed by atoms with van der Waals surface area (Å²) < 4.78 is 0. The standard InChI is InChI=1S/C30H34N4O2/c1-6-19-33-26(27(35)32-30(3,4)5)24-17-10-11-18-25(24)31-29(33)34(23-16-12-13-21(2)20-23)28(36)22-14-8-7-9-15-22/h7-18,20,26H,6,19H2,1-5H3,(H,32,35). The first-order valence-corrected chi connectivity index (χ1v) is 12.4. The zero-order valence-electron chi connectivity index (χ0n) is 21.7. The predicted octanol–water partition coefficient (Wildman–Crippen LogP) is 6.01.